The maximum absolute atomic E-state index is 8.34. The number of aliphatic hydroxyl groups excluding tert-OH is 1. The predicted molar refractivity (Wildman–Crippen MR) is 35.5 cm³/mol. The zero-order chi connectivity index (χ0) is 7.11. The molecule has 0 aliphatic heterocycles. The van der Waals surface area contributed by atoms with E-state index in [9.17, 15) is 0 Å². The Balaban J connectivity index is 3.09. The first-order chi connectivity index (χ1) is 4.27. The largest absolute Gasteiger partial charge is 0.368 e. The van der Waals surface area contributed by atoms with Crippen LogP contribution in [0.5, 0.6) is 0 Å². The van der Waals surface area contributed by atoms with Gasteiger partial charge < -0.3 is 10.2 Å². The second kappa shape index (κ2) is 5.61. The van der Waals surface area contributed by atoms with Gasteiger partial charge in [-0.3, -0.25) is 0 Å². The summed E-state index contributed by atoms with van der Waals surface area (Å²) in [5.41, 5.74) is 0. The van der Waals surface area contributed by atoms with E-state index < -0.39 is 6.29 Å². The average molecular weight is 128 g/mol. The smallest absolute Gasteiger partial charge is 0.152 e. The van der Waals surface area contributed by atoms with Gasteiger partial charge in [0.05, 0.1) is 0 Å². The second-order valence-electron chi connectivity index (χ2n) is 1.73. The highest BCUT2D eigenvalue weighted by Gasteiger charge is 1.91. The third-order valence-electron chi connectivity index (χ3n) is 0.829. The molecule has 9 heavy (non-hydrogen) atoms. The van der Waals surface area contributed by atoms with Crippen LogP contribution in [-0.2, 0) is 0 Å². The molecule has 2 N–H and O–H groups in total. The van der Waals surface area contributed by atoms with E-state index in [0.717, 1.165) is 6.42 Å². The fraction of sp³-hybridized carbons (Fsp3) is 0.714. The molecule has 0 saturated heterocycles. The van der Waals surface area contributed by atoms with E-state index in [-0.39, 0.29) is 0 Å². The molecule has 0 saturated carbocycles. The van der Waals surface area contributed by atoms with Crippen LogP contribution in [0.2, 0.25) is 0 Å². The molecule has 0 heterocycles. The summed E-state index contributed by atoms with van der Waals surface area (Å²) < 4.78 is 0. The Labute approximate surface area is 55.5 Å². The Morgan fingerprint density at radius 2 is 2.00 bits per heavy atom. The van der Waals surface area contributed by atoms with E-state index in [4.69, 9.17) is 10.2 Å². The molecule has 0 aliphatic rings. The van der Waals surface area contributed by atoms with Crippen LogP contribution in [0.1, 0.15) is 26.2 Å². The van der Waals surface area contributed by atoms with Crippen molar-refractivity contribution in [1.82, 2.24) is 0 Å². The summed E-state index contributed by atoms with van der Waals surface area (Å²) in [5, 5.41) is 16.7. The molecule has 0 fully saturated rings. The molecule has 2 heteroatoms. The molecule has 0 rings (SSSR count). The van der Waals surface area contributed by atoms with E-state index >= 15 is 0 Å². The summed E-state index contributed by atoms with van der Waals surface area (Å²) in [7, 11) is 0. The van der Waals surface area contributed by atoms with Crippen molar-refractivity contribution in [3.63, 3.8) is 0 Å². The van der Waals surface area contributed by atoms with Crippen LogP contribution >= 0.6 is 0 Å². The van der Waals surface area contributed by atoms with Crippen LogP contribution in [-0.4, -0.2) is 16.5 Å². The Morgan fingerprint density at radius 1 is 1.33 bits per heavy atom. The molecule has 0 unspecified atom stereocenters. The third kappa shape index (κ3) is 7.48. The topological polar surface area (TPSA) is 40.5 Å². The quantitative estimate of drug-likeness (QED) is 0.419. The van der Waals surface area contributed by atoms with Gasteiger partial charge in [0, 0.05) is 19.3 Å². The minimum absolute atomic E-state index is 0.354. The lowest BCUT2D eigenvalue weighted by molar-refractivity contribution is -0.0438. The molecule has 0 amide bonds. The van der Waals surface area contributed by atoms with Crippen molar-refractivity contribution in [1.29, 1.82) is 0 Å². The second-order valence-corrected chi connectivity index (χ2v) is 1.73. The van der Waals surface area contributed by atoms with Crippen LogP contribution in [0.15, 0.2) is 0 Å². The minimum Gasteiger partial charge on any atom is -0.368 e. The van der Waals surface area contributed by atoms with E-state index in [1.165, 1.54) is 0 Å². The molecule has 52 valence electrons. The third-order valence-corrected chi connectivity index (χ3v) is 0.829. The van der Waals surface area contributed by atoms with Gasteiger partial charge in [0.25, 0.3) is 0 Å². The molecule has 0 aromatic carbocycles. The lowest BCUT2D eigenvalue weighted by atomic mass is 10.3. The van der Waals surface area contributed by atoms with Gasteiger partial charge in [-0.05, 0) is 0 Å². The highest BCUT2D eigenvalue weighted by molar-refractivity contribution is 4.97. The normalized spacial score (nSPS) is 8.89. The lowest BCUT2D eigenvalue weighted by Crippen LogP contribution is -2.01. The molecule has 2 nitrogen and oxygen atoms in total. The first kappa shape index (κ1) is 8.48. The van der Waals surface area contributed by atoms with Gasteiger partial charge in [-0.15, -0.1) is 11.8 Å². The molecule has 0 radical (unpaired) electrons. The molecule has 0 aromatic heterocycles. The van der Waals surface area contributed by atoms with E-state index in [0.29, 0.717) is 12.8 Å². The van der Waals surface area contributed by atoms with E-state index in [1.54, 1.807) is 0 Å². The van der Waals surface area contributed by atoms with Gasteiger partial charge in [-0.25, -0.2) is 0 Å². The SMILES string of the molecule is CCC#CCCC(O)O. The number of hydrogen-bond donors (Lipinski definition) is 2. The summed E-state index contributed by atoms with van der Waals surface area (Å²) >= 11 is 0. The highest BCUT2D eigenvalue weighted by atomic mass is 16.5. The standard InChI is InChI=1S/C7H12O2/c1-2-3-4-5-6-7(8)9/h7-9H,2,5-6H2,1H3. The zero-order valence-corrected chi connectivity index (χ0v) is 5.59. The Hall–Kier alpha value is -0.520. The molecule has 0 atom stereocenters. The van der Waals surface area contributed by atoms with Crippen molar-refractivity contribution >= 4 is 0 Å². The van der Waals surface area contributed by atoms with Gasteiger partial charge in [-0.2, -0.15) is 0 Å². The molecule has 0 aliphatic carbocycles. The van der Waals surface area contributed by atoms with Gasteiger partial charge >= 0.3 is 0 Å². The van der Waals surface area contributed by atoms with Crippen molar-refractivity contribution in [2.45, 2.75) is 32.5 Å². The number of aliphatic hydroxyl groups is 2. The van der Waals surface area contributed by atoms with Crippen molar-refractivity contribution in [2.24, 2.45) is 0 Å². The van der Waals surface area contributed by atoms with Crippen molar-refractivity contribution in [3.05, 3.63) is 0 Å². The van der Waals surface area contributed by atoms with Gasteiger partial charge in [-0.1, -0.05) is 6.92 Å². The van der Waals surface area contributed by atoms with E-state index in [2.05, 4.69) is 11.8 Å². The summed E-state index contributed by atoms with van der Waals surface area (Å²) in [6, 6.07) is 0. The maximum Gasteiger partial charge on any atom is 0.152 e. The zero-order valence-electron chi connectivity index (χ0n) is 5.59. The fourth-order valence-corrected chi connectivity index (χ4v) is 0.415. The van der Waals surface area contributed by atoms with Crippen LogP contribution < -0.4 is 0 Å². The first-order valence-electron chi connectivity index (χ1n) is 3.09. The van der Waals surface area contributed by atoms with Gasteiger partial charge in [0.2, 0.25) is 0 Å². The summed E-state index contributed by atoms with van der Waals surface area (Å²) in [6.45, 7) is 1.96. The predicted octanol–water partition coefficient (Wildman–Crippen LogP) is 0.491. The summed E-state index contributed by atoms with van der Waals surface area (Å²) in [5.74, 6) is 5.63. The van der Waals surface area contributed by atoms with Crippen LogP contribution in [0, 0.1) is 11.8 Å². The van der Waals surface area contributed by atoms with Crippen molar-refractivity contribution in [3.8, 4) is 11.8 Å². The van der Waals surface area contributed by atoms with Crippen LogP contribution in [0.25, 0.3) is 0 Å². The van der Waals surface area contributed by atoms with E-state index in [1.807, 2.05) is 6.92 Å². The number of rotatable bonds is 2. The highest BCUT2D eigenvalue weighted by Crippen LogP contribution is 1.90. The molecule has 0 aromatic rings. The lowest BCUT2D eigenvalue weighted by Gasteiger charge is -1.95. The van der Waals surface area contributed by atoms with Crippen LogP contribution in [0.4, 0.5) is 0 Å². The van der Waals surface area contributed by atoms with Gasteiger partial charge in [0.15, 0.2) is 6.29 Å². The first-order valence-corrected chi connectivity index (χ1v) is 3.09. The maximum atomic E-state index is 8.34. The molecule has 0 bridgehead atoms. The minimum atomic E-state index is -1.20. The average Bonchev–Trinajstić information content (AvgIpc) is 1.80. The monoisotopic (exact) mass is 128 g/mol. The fourth-order valence-electron chi connectivity index (χ4n) is 0.415. The Morgan fingerprint density at radius 3 is 2.44 bits per heavy atom. The molecule has 0 spiro atoms. The van der Waals surface area contributed by atoms with Crippen molar-refractivity contribution < 1.29 is 10.2 Å². The molecular weight excluding hydrogens is 116 g/mol. The van der Waals surface area contributed by atoms with Crippen LogP contribution in [0.3, 0.4) is 0 Å². The van der Waals surface area contributed by atoms with Gasteiger partial charge in [0.1, 0.15) is 0 Å². The number of hydrogen-bond acceptors (Lipinski definition) is 2. The Bertz CT molecular complexity index is 108. The summed E-state index contributed by atoms with van der Waals surface area (Å²) in [6.07, 6.45) is 0.566. The molecular formula is C7H12O2. The Kier molecular flexibility index (Phi) is 5.29. The summed E-state index contributed by atoms with van der Waals surface area (Å²) in [4.78, 5) is 0. The van der Waals surface area contributed by atoms with Crippen molar-refractivity contribution in [2.75, 3.05) is 0 Å².